The number of aliphatic carboxylic acids is 2. The Morgan fingerprint density at radius 3 is 1.22 bits per heavy atom. The second-order valence-electron chi connectivity index (χ2n) is 3.93. The summed E-state index contributed by atoms with van der Waals surface area (Å²) in [4.78, 5) is 22.1. The van der Waals surface area contributed by atoms with Gasteiger partial charge in [-0.15, -0.1) is 0 Å². The predicted molar refractivity (Wildman–Crippen MR) is 64.2 cm³/mol. The van der Waals surface area contributed by atoms with Gasteiger partial charge in [0.2, 0.25) is 0 Å². The lowest BCUT2D eigenvalue weighted by Gasteiger charge is -2.08. The lowest BCUT2D eigenvalue weighted by Crippen LogP contribution is -2.12. The molecule has 0 radical (unpaired) electrons. The van der Waals surface area contributed by atoms with Gasteiger partial charge in [-0.25, -0.2) is 9.59 Å². The first-order valence-corrected chi connectivity index (χ1v) is 5.95. The summed E-state index contributed by atoms with van der Waals surface area (Å²) in [6.07, 6.45) is 2.04. The highest BCUT2D eigenvalue weighted by Gasteiger charge is 2.19. The molecule has 0 aliphatic rings. The zero-order valence-corrected chi connectivity index (χ0v) is 10.3. The molecule has 0 bridgehead atoms. The molecule has 0 aromatic rings. The van der Waals surface area contributed by atoms with E-state index in [4.69, 9.17) is 20.4 Å². The minimum atomic E-state index is -1.23. The average Bonchev–Trinajstić information content (AvgIpc) is 2.31. The molecule has 0 rings (SSSR count). The van der Waals surface area contributed by atoms with E-state index < -0.39 is 11.9 Å². The number of carbonyl (C=O) groups is 2. The van der Waals surface area contributed by atoms with E-state index in [1.807, 2.05) is 0 Å². The van der Waals surface area contributed by atoms with Crippen molar-refractivity contribution in [2.24, 2.45) is 0 Å². The van der Waals surface area contributed by atoms with Gasteiger partial charge in [0.25, 0.3) is 0 Å². The molecule has 0 aliphatic heterocycles. The second-order valence-corrected chi connectivity index (χ2v) is 3.93. The maximum Gasteiger partial charge on any atom is 0.332 e. The van der Waals surface area contributed by atoms with Crippen LogP contribution in [0.5, 0.6) is 0 Å². The minimum Gasteiger partial charge on any atom is -0.478 e. The van der Waals surface area contributed by atoms with Crippen molar-refractivity contribution in [2.75, 3.05) is 13.2 Å². The molecule has 6 nitrogen and oxygen atoms in total. The van der Waals surface area contributed by atoms with Gasteiger partial charge >= 0.3 is 11.9 Å². The van der Waals surface area contributed by atoms with Gasteiger partial charge in [-0.05, 0) is 38.5 Å². The van der Waals surface area contributed by atoms with E-state index in [1.54, 1.807) is 0 Å². The first-order chi connectivity index (χ1) is 8.54. The molecule has 0 saturated carbocycles. The first kappa shape index (κ1) is 16.6. The highest BCUT2D eigenvalue weighted by Crippen LogP contribution is 2.18. The minimum absolute atomic E-state index is 0.0418. The molecule has 4 N–H and O–H groups in total. The largest absolute Gasteiger partial charge is 0.478 e. The fourth-order valence-corrected chi connectivity index (χ4v) is 1.60. The van der Waals surface area contributed by atoms with Crippen molar-refractivity contribution in [1.82, 2.24) is 0 Å². The fourth-order valence-electron chi connectivity index (χ4n) is 1.60. The Balaban J connectivity index is 4.80. The van der Waals surface area contributed by atoms with Crippen LogP contribution >= 0.6 is 0 Å². The summed E-state index contributed by atoms with van der Waals surface area (Å²) in [6, 6.07) is 0. The lowest BCUT2D eigenvalue weighted by atomic mass is 9.98. The topological polar surface area (TPSA) is 115 Å². The van der Waals surface area contributed by atoms with Crippen molar-refractivity contribution in [1.29, 1.82) is 0 Å². The Labute approximate surface area is 106 Å². The lowest BCUT2D eigenvalue weighted by molar-refractivity contribution is -0.136. The standard InChI is InChI=1S/C12H20O6/c13-7-3-1-5-9(11(15)16)10(12(17)18)6-2-4-8-14/h13-14H,1-8H2,(H,15,16)(H,17,18)/b10-9-. The van der Waals surface area contributed by atoms with E-state index in [0.717, 1.165) is 0 Å². The van der Waals surface area contributed by atoms with Crippen molar-refractivity contribution >= 4 is 11.9 Å². The van der Waals surface area contributed by atoms with E-state index in [1.165, 1.54) is 0 Å². The van der Waals surface area contributed by atoms with Crippen LogP contribution in [0.2, 0.25) is 0 Å². The van der Waals surface area contributed by atoms with Crippen LogP contribution in [0.1, 0.15) is 38.5 Å². The maximum atomic E-state index is 11.0. The van der Waals surface area contributed by atoms with Crippen LogP contribution < -0.4 is 0 Å². The van der Waals surface area contributed by atoms with Crippen LogP contribution in [0.4, 0.5) is 0 Å². The van der Waals surface area contributed by atoms with E-state index in [-0.39, 0.29) is 37.2 Å². The van der Waals surface area contributed by atoms with Gasteiger partial charge in [-0.3, -0.25) is 0 Å². The monoisotopic (exact) mass is 260 g/mol. The SMILES string of the molecule is O=C(O)/C(CCCCO)=C(/CCCCO)C(=O)O. The number of hydrogen-bond donors (Lipinski definition) is 4. The van der Waals surface area contributed by atoms with Gasteiger partial charge in [0.1, 0.15) is 0 Å². The third kappa shape index (κ3) is 6.36. The van der Waals surface area contributed by atoms with Gasteiger partial charge in [-0.2, -0.15) is 0 Å². The highest BCUT2D eigenvalue weighted by molar-refractivity contribution is 5.98. The van der Waals surface area contributed by atoms with Crippen LogP contribution in [0, 0.1) is 0 Å². The zero-order chi connectivity index (χ0) is 14.0. The normalized spacial score (nSPS) is 12.1. The number of aliphatic hydroxyl groups is 2. The number of carboxylic acids is 2. The van der Waals surface area contributed by atoms with Crippen LogP contribution in [0.15, 0.2) is 11.1 Å². The number of rotatable bonds is 10. The maximum absolute atomic E-state index is 11.0. The van der Waals surface area contributed by atoms with E-state index in [0.29, 0.717) is 25.7 Å². The summed E-state index contributed by atoms with van der Waals surface area (Å²) < 4.78 is 0. The Morgan fingerprint density at radius 1 is 0.667 bits per heavy atom. The summed E-state index contributed by atoms with van der Waals surface area (Å²) in [5.41, 5.74) is -0.206. The van der Waals surface area contributed by atoms with Gasteiger partial charge < -0.3 is 20.4 Å². The summed E-state index contributed by atoms with van der Waals surface area (Å²) >= 11 is 0. The Morgan fingerprint density at radius 2 is 1.00 bits per heavy atom. The van der Waals surface area contributed by atoms with Gasteiger partial charge in [-0.1, -0.05) is 0 Å². The number of carboxylic acid groups (broad SMARTS) is 2. The molecule has 0 fully saturated rings. The molecule has 0 aromatic carbocycles. The van der Waals surface area contributed by atoms with Gasteiger partial charge in [0, 0.05) is 24.4 Å². The van der Waals surface area contributed by atoms with Crippen molar-refractivity contribution < 1.29 is 30.0 Å². The zero-order valence-electron chi connectivity index (χ0n) is 10.3. The summed E-state index contributed by atoms with van der Waals surface area (Å²) in [6.45, 7) is -0.0837. The van der Waals surface area contributed by atoms with Crippen molar-refractivity contribution in [3.63, 3.8) is 0 Å². The molecule has 0 saturated heterocycles. The molecule has 18 heavy (non-hydrogen) atoms. The quantitative estimate of drug-likeness (QED) is 0.341. The molecular weight excluding hydrogens is 240 g/mol. The highest BCUT2D eigenvalue weighted by atomic mass is 16.4. The smallest absolute Gasteiger partial charge is 0.332 e. The number of aliphatic hydroxyl groups excluding tert-OH is 2. The van der Waals surface area contributed by atoms with Crippen molar-refractivity contribution in [2.45, 2.75) is 38.5 Å². The van der Waals surface area contributed by atoms with E-state index >= 15 is 0 Å². The van der Waals surface area contributed by atoms with Crippen molar-refractivity contribution in [3.8, 4) is 0 Å². The molecule has 6 heteroatoms. The molecule has 0 spiro atoms. The molecular formula is C12H20O6. The van der Waals surface area contributed by atoms with E-state index in [2.05, 4.69) is 0 Å². The Bertz CT molecular complexity index is 278. The van der Waals surface area contributed by atoms with Gasteiger partial charge in [0.15, 0.2) is 0 Å². The van der Waals surface area contributed by atoms with Gasteiger partial charge in [0.05, 0.1) is 0 Å². The average molecular weight is 260 g/mol. The predicted octanol–water partition coefficient (Wildman–Crippen LogP) is 0.777. The van der Waals surface area contributed by atoms with Crippen molar-refractivity contribution in [3.05, 3.63) is 11.1 Å². The Kier molecular flexibility index (Phi) is 8.86. The summed E-state index contributed by atoms with van der Waals surface area (Å²) in [7, 11) is 0. The molecule has 0 heterocycles. The molecule has 0 unspecified atom stereocenters. The Hall–Kier alpha value is -1.40. The van der Waals surface area contributed by atoms with Crippen LogP contribution in [0.25, 0.3) is 0 Å². The summed E-state index contributed by atoms with van der Waals surface area (Å²) in [5, 5.41) is 35.3. The third-order valence-corrected chi connectivity index (χ3v) is 2.55. The number of unbranched alkanes of at least 4 members (excludes halogenated alkanes) is 2. The third-order valence-electron chi connectivity index (χ3n) is 2.55. The van der Waals surface area contributed by atoms with Crippen LogP contribution in [-0.2, 0) is 9.59 Å². The molecule has 104 valence electrons. The van der Waals surface area contributed by atoms with Crippen LogP contribution in [0.3, 0.4) is 0 Å². The second kappa shape index (κ2) is 9.61. The first-order valence-electron chi connectivity index (χ1n) is 5.95. The molecule has 0 aliphatic carbocycles. The van der Waals surface area contributed by atoms with E-state index in [9.17, 15) is 9.59 Å². The molecule has 0 aromatic heterocycles. The van der Waals surface area contributed by atoms with Crippen LogP contribution in [-0.4, -0.2) is 45.6 Å². The fraction of sp³-hybridized carbons (Fsp3) is 0.667. The molecule has 0 atom stereocenters. The summed E-state index contributed by atoms with van der Waals surface area (Å²) in [5.74, 6) is -2.45. The number of hydrogen-bond acceptors (Lipinski definition) is 4. The molecule has 0 amide bonds.